The molecule has 0 bridgehead atoms. The van der Waals surface area contributed by atoms with Gasteiger partial charge >= 0.3 is 6.01 Å². The van der Waals surface area contributed by atoms with Crippen molar-refractivity contribution >= 4 is 17.4 Å². The highest BCUT2D eigenvalue weighted by Crippen LogP contribution is 2.36. The van der Waals surface area contributed by atoms with E-state index < -0.39 is 6.17 Å². The van der Waals surface area contributed by atoms with E-state index in [9.17, 15) is 14.4 Å². The van der Waals surface area contributed by atoms with Crippen molar-refractivity contribution in [3.63, 3.8) is 0 Å². The van der Waals surface area contributed by atoms with Crippen LogP contribution in [0.4, 0.5) is 15.9 Å². The fraction of sp³-hybridized carbons (Fsp3) is 0.562. The fourth-order valence-corrected chi connectivity index (χ4v) is 7.09. The number of likely N-dealkylation sites (N-methyl/N-ethyl adjacent to an activating group) is 1. The number of alkyl halides is 1. The molecule has 0 radical (unpaired) electrons. The molecule has 1 amide bonds. The van der Waals surface area contributed by atoms with Gasteiger partial charge in [-0.05, 0) is 68.8 Å². The first-order valence-electron chi connectivity index (χ1n) is 15.2. The highest BCUT2D eigenvalue weighted by atomic mass is 19.1. The summed E-state index contributed by atoms with van der Waals surface area (Å²) >= 11 is 0. The van der Waals surface area contributed by atoms with Crippen molar-refractivity contribution in [2.75, 3.05) is 56.2 Å². The monoisotopic (exact) mass is 573 g/mol. The normalized spacial score (nSPS) is 24.1. The average Bonchev–Trinajstić information content (AvgIpc) is 3.34. The van der Waals surface area contributed by atoms with Crippen LogP contribution in [0.1, 0.15) is 48.1 Å². The summed E-state index contributed by atoms with van der Waals surface area (Å²) in [7, 11) is 1.92. The molecule has 4 heterocycles. The summed E-state index contributed by atoms with van der Waals surface area (Å²) in [5.41, 5.74) is 6.26. The number of hydrogen-bond acceptors (Lipinski definition) is 8. The van der Waals surface area contributed by atoms with Crippen LogP contribution in [0, 0.1) is 11.3 Å². The molecule has 6 rings (SSSR count). The number of fused-ring (bicyclic) bond motifs is 2. The molecule has 4 aliphatic rings. The van der Waals surface area contributed by atoms with Crippen LogP contribution in [0.3, 0.4) is 0 Å². The molecule has 2 fully saturated rings. The lowest BCUT2D eigenvalue weighted by Gasteiger charge is -2.42. The van der Waals surface area contributed by atoms with Gasteiger partial charge < -0.3 is 19.4 Å². The Morgan fingerprint density at radius 3 is 2.76 bits per heavy atom. The first-order chi connectivity index (χ1) is 20.4. The SMILES string of the molecule is C=CC(=O)N1CCN(c2nc(OC[C@@H]3C[C@@H](F)CN3C)nc3c2CCN(c2cccc4c2CCCC4)C3)C[C@@H]1CC#N. The summed E-state index contributed by atoms with van der Waals surface area (Å²) < 4.78 is 20.2. The molecule has 3 atom stereocenters. The zero-order chi connectivity index (χ0) is 29.2. The number of carbonyl (C=O) groups is 1. The van der Waals surface area contributed by atoms with E-state index in [0.29, 0.717) is 51.8 Å². The molecule has 0 N–H and O–H groups in total. The van der Waals surface area contributed by atoms with E-state index in [-0.39, 0.29) is 24.4 Å². The first kappa shape index (κ1) is 28.4. The lowest BCUT2D eigenvalue weighted by Crippen LogP contribution is -2.55. The van der Waals surface area contributed by atoms with Crippen molar-refractivity contribution < 1.29 is 13.9 Å². The molecule has 2 saturated heterocycles. The number of hydrogen-bond donors (Lipinski definition) is 0. The maximum Gasteiger partial charge on any atom is 0.318 e. The standard InChI is InChI=1S/C32H40FN7O2/c1-3-30(41)40-16-15-39(19-24(40)11-13-34)31-27-12-14-38(29-10-6-8-22-7-4-5-9-26(22)29)20-28(27)35-32(36-31)42-21-25-17-23(33)18-37(25)2/h3,6,8,10,23-25H,1,4-5,7,9,11-12,14-21H2,2H3/t23-,24+,25+/m1/s1. The number of aromatic nitrogens is 2. The van der Waals surface area contributed by atoms with Gasteiger partial charge in [0.25, 0.3) is 0 Å². The van der Waals surface area contributed by atoms with E-state index in [2.05, 4.69) is 40.6 Å². The maximum atomic E-state index is 14.0. The summed E-state index contributed by atoms with van der Waals surface area (Å²) in [5.74, 6) is 0.666. The molecule has 0 spiro atoms. The molecule has 10 heteroatoms. The second kappa shape index (κ2) is 12.3. The number of nitrogens with zero attached hydrogens (tertiary/aromatic N) is 7. The van der Waals surface area contributed by atoms with Crippen LogP contribution in [0.2, 0.25) is 0 Å². The number of likely N-dealkylation sites (tertiary alicyclic amines) is 1. The molecular formula is C32H40FN7O2. The number of aryl methyl sites for hydroxylation is 1. The van der Waals surface area contributed by atoms with Crippen molar-refractivity contribution in [3.8, 4) is 12.1 Å². The van der Waals surface area contributed by atoms with Crippen molar-refractivity contribution in [1.82, 2.24) is 19.8 Å². The van der Waals surface area contributed by atoms with Crippen LogP contribution < -0.4 is 14.5 Å². The molecule has 2 aromatic rings. The van der Waals surface area contributed by atoms with Gasteiger partial charge in [0.2, 0.25) is 5.91 Å². The van der Waals surface area contributed by atoms with E-state index in [0.717, 1.165) is 42.9 Å². The number of ether oxygens (including phenoxy) is 1. The smallest absolute Gasteiger partial charge is 0.318 e. The summed E-state index contributed by atoms with van der Waals surface area (Å²) in [4.78, 5) is 30.7. The van der Waals surface area contributed by atoms with Crippen LogP contribution in [-0.4, -0.2) is 90.3 Å². The van der Waals surface area contributed by atoms with Gasteiger partial charge in [0, 0.05) is 50.0 Å². The lowest BCUT2D eigenvalue weighted by atomic mass is 9.89. The second-order valence-corrected chi connectivity index (χ2v) is 12.0. The summed E-state index contributed by atoms with van der Waals surface area (Å²) in [5, 5.41) is 9.51. The Bertz CT molecular complexity index is 1380. The third kappa shape index (κ3) is 5.67. The van der Waals surface area contributed by atoms with Crippen molar-refractivity contribution in [1.29, 1.82) is 5.26 Å². The first-order valence-corrected chi connectivity index (χ1v) is 15.2. The number of amides is 1. The Morgan fingerprint density at radius 1 is 1.12 bits per heavy atom. The van der Waals surface area contributed by atoms with E-state index in [1.165, 1.54) is 35.7 Å². The number of rotatable bonds is 7. The van der Waals surface area contributed by atoms with Crippen molar-refractivity contribution in [2.45, 2.75) is 69.7 Å². The Kier molecular flexibility index (Phi) is 8.29. The van der Waals surface area contributed by atoms with Gasteiger partial charge in [0.05, 0.1) is 30.8 Å². The average molecular weight is 574 g/mol. The second-order valence-electron chi connectivity index (χ2n) is 12.0. The Labute approximate surface area is 247 Å². The van der Waals surface area contributed by atoms with Crippen LogP contribution in [0.25, 0.3) is 0 Å². The molecule has 9 nitrogen and oxygen atoms in total. The number of anilines is 2. The van der Waals surface area contributed by atoms with Crippen molar-refractivity contribution in [3.05, 3.63) is 53.2 Å². The summed E-state index contributed by atoms with van der Waals surface area (Å²) in [6.45, 7) is 7.47. The van der Waals surface area contributed by atoms with E-state index in [4.69, 9.17) is 14.7 Å². The quantitative estimate of drug-likeness (QED) is 0.466. The zero-order valence-electron chi connectivity index (χ0n) is 24.5. The number of piperazine rings is 1. The predicted octanol–water partition coefficient (Wildman–Crippen LogP) is 3.46. The van der Waals surface area contributed by atoms with Crippen LogP contribution in [0.5, 0.6) is 6.01 Å². The molecular weight excluding hydrogens is 533 g/mol. The third-order valence-electron chi connectivity index (χ3n) is 9.34. The maximum absolute atomic E-state index is 14.0. The van der Waals surface area contributed by atoms with Gasteiger partial charge in [0.15, 0.2) is 0 Å². The number of benzene rings is 1. The van der Waals surface area contributed by atoms with E-state index in [1.54, 1.807) is 4.90 Å². The topological polar surface area (TPSA) is 88.8 Å². The number of nitriles is 1. The number of carbonyl (C=O) groups excluding carboxylic acids is 1. The van der Waals surface area contributed by atoms with Crippen LogP contribution in [0.15, 0.2) is 30.9 Å². The largest absolute Gasteiger partial charge is 0.462 e. The van der Waals surface area contributed by atoms with Crippen LogP contribution in [-0.2, 0) is 30.6 Å². The predicted molar refractivity (Wildman–Crippen MR) is 159 cm³/mol. The van der Waals surface area contributed by atoms with E-state index in [1.807, 2.05) is 11.9 Å². The molecule has 1 aromatic carbocycles. The van der Waals surface area contributed by atoms with Crippen LogP contribution >= 0.6 is 0 Å². The van der Waals surface area contributed by atoms with Gasteiger partial charge in [0.1, 0.15) is 18.6 Å². The fourth-order valence-electron chi connectivity index (χ4n) is 7.09. The van der Waals surface area contributed by atoms with E-state index >= 15 is 0 Å². The van der Waals surface area contributed by atoms with Gasteiger partial charge in [-0.2, -0.15) is 15.2 Å². The Morgan fingerprint density at radius 2 is 1.98 bits per heavy atom. The molecule has 222 valence electrons. The van der Waals surface area contributed by atoms with Gasteiger partial charge in [-0.15, -0.1) is 0 Å². The van der Waals surface area contributed by atoms with Gasteiger partial charge in [-0.1, -0.05) is 18.7 Å². The molecule has 42 heavy (non-hydrogen) atoms. The van der Waals surface area contributed by atoms with Gasteiger partial charge in [-0.3, -0.25) is 9.69 Å². The minimum atomic E-state index is -0.847. The number of halogens is 1. The summed E-state index contributed by atoms with van der Waals surface area (Å²) in [6, 6.07) is 8.94. The minimum Gasteiger partial charge on any atom is -0.462 e. The minimum absolute atomic E-state index is 0.0242. The van der Waals surface area contributed by atoms with Crippen molar-refractivity contribution in [2.24, 2.45) is 0 Å². The Balaban J connectivity index is 1.31. The molecule has 1 aromatic heterocycles. The highest BCUT2D eigenvalue weighted by Gasteiger charge is 2.34. The Hall–Kier alpha value is -3.71. The lowest BCUT2D eigenvalue weighted by molar-refractivity contribution is -0.128. The van der Waals surface area contributed by atoms with Gasteiger partial charge in [-0.25, -0.2) is 4.39 Å². The third-order valence-corrected chi connectivity index (χ3v) is 9.34. The molecule has 0 saturated carbocycles. The molecule has 0 unspecified atom stereocenters. The zero-order valence-corrected chi connectivity index (χ0v) is 24.5. The molecule has 3 aliphatic heterocycles. The summed E-state index contributed by atoms with van der Waals surface area (Å²) in [6.07, 6.45) is 6.64. The molecule has 1 aliphatic carbocycles. The highest BCUT2D eigenvalue weighted by molar-refractivity contribution is 5.87.